The summed E-state index contributed by atoms with van der Waals surface area (Å²) >= 11 is 3.02. The molecule has 1 N–H and O–H groups in total. The van der Waals surface area contributed by atoms with Gasteiger partial charge in [0.2, 0.25) is 5.91 Å². The van der Waals surface area contributed by atoms with Crippen LogP contribution in [0.4, 0.5) is 5.00 Å². The highest BCUT2D eigenvalue weighted by molar-refractivity contribution is 7.99. The van der Waals surface area contributed by atoms with Gasteiger partial charge < -0.3 is 5.32 Å². The summed E-state index contributed by atoms with van der Waals surface area (Å²) in [7, 11) is 0. The first-order valence-electron chi connectivity index (χ1n) is 5.75. The number of nitriles is 1. The van der Waals surface area contributed by atoms with Crippen LogP contribution < -0.4 is 5.32 Å². The normalized spacial score (nSPS) is 9.84. The fraction of sp³-hybridized carbons (Fsp3) is 0.143. The number of carbonyl (C=O) groups is 1. The van der Waals surface area contributed by atoms with E-state index in [4.69, 9.17) is 5.26 Å². The van der Waals surface area contributed by atoms with Crippen LogP contribution in [0.15, 0.2) is 46.7 Å². The summed E-state index contributed by atoms with van der Waals surface area (Å²) in [6.45, 7) is 0. The zero-order valence-electron chi connectivity index (χ0n) is 10.1. The van der Waals surface area contributed by atoms with Crippen LogP contribution in [0.3, 0.4) is 0 Å². The van der Waals surface area contributed by atoms with Crippen LogP contribution in [0.5, 0.6) is 0 Å². The minimum absolute atomic E-state index is 0.0534. The van der Waals surface area contributed by atoms with Crippen molar-refractivity contribution >= 4 is 34.0 Å². The third-order valence-electron chi connectivity index (χ3n) is 2.38. The van der Waals surface area contributed by atoms with E-state index in [0.29, 0.717) is 17.0 Å². The SMILES string of the molecule is N#Cc1ccsc1NC(=O)CCSc1ccccc1. The molecular weight excluding hydrogens is 276 g/mol. The van der Waals surface area contributed by atoms with Gasteiger partial charge in [0, 0.05) is 17.1 Å². The Labute approximate surface area is 120 Å². The minimum atomic E-state index is -0.0534. The van der Waals surface area contributed by atoms with Gasteiger partial charge in [-0.2, -0.15) is 5.26 Å². The van der Waals surface area contributed by atoms with E-state index in [9.17, 15) is 4.79 Å². The number of nitrogens with zero attached hydrogens (tertiary/aromatic N) is 1. The van der Waals surface area contributed by atoms with Crippen LogP contribution in [-0.2, 0) is 4.79 Å². The van der Waals surface area contributed by atoms with E-state index in [1.807, 2.05) is 30.3 Å². The largest absolute Gasteiger partial charge is 0.317 e. The molecule has 0 bridgehead atoms. The predicted octanol–water partition coefficient (Wildman–Crippen LogP) is 3.74. The zero-order chi connectivity index (χ0) is 13.5. The molecule has 0 saturated heterocycles. The first-order valence-corrected chi connectivity index (χ1v) is 7.61. The van der Waals surface area contributed by atoms with E-state index in [2.05, 4.69) is 11.4 Å². The molecule has 0 aliphatic heterocycles. The zero-order valence-corrected chi connectivity index (χ0v) is 11.8. The van der Waals surface area contributed by atoms with E-state index in [1.54, 1.807) is 23.2 Å². The molecule has 5 heteroatoms. The number of hydrogen-bond acceptors (Lipinski definition) is 4. The van der Waals surface area contributed by atoms with E-state index >= 15 is 0 Å². The van der Waals surface area contributed by atoms with Gasteiger partial charge in [-0.15, -0.1) is 23.1 Å². The molecule has 96 valence electrons. The molecule has 0 spiro atoms. The minimum Gasteiger partial charge on any atom is -0.317 e. The van der Waals surface area contributed by atoms with Gasteiger partial charge in [0.1, 0.15) is 11.1 Å². The summed E-state index contributed by atoms with van der Waals surface area (Å²) in [5.41, 5.74) is 0.522. The average Bonchev–Trinajstić information content (AvgIpc) is 2.87. The van der Waals surface area contributed by atoms with Crippen LogP contribution >= 0.6 is 23.1 Å². The Bertz CT molecular complexity index is 587. The molecule has 1 amide bonds. The number of rotatable bonds is 5. The van der Waals surface area contributed by atoms with Crippen molar-refractivity contribution in [1.29, 1.82) is 5.26 Å². The summed E-state index contributed by atoms with van der Waals surface area (Å²) in [6.07, 6.45) is 0.433. The van der Waals surface area contributed by atoms with Crippen LogP contribution in [0.25, 0.3) is 0 Å². The van der Waals surface area contributed by atoms with Gasteiger partial charge in [0.25, 0.3) is 0 Å². The molecule has 2 rings (SSSR count). The van der Waals surface area contributed by atoms with E-state index in [0.717, 1.165) is 10.6 Å². The Hall–Kier alpha value is -1.77. The summed E-state index contributed by atoms with van der Waals surface area (Å²) in [5.74, 6) is 0.672. The van der Waals surface area contributed by atoms with Gasteiger partial charge in [0.05, 0.1) is 5.56 Å². The van der Waals surface area contributed by atoms with Gasteiger partial charge in [-0.1, -0.05) is 18.2 Å². The molecule has 1 aromatic carbocycles. The van der Waals surface area contributed by atoms with Crippen molar-refractivity contribution in [2.45, 2.75) is 11.3 Å². The number of hydrogen-bond donors (Lipinski definition) is 1. The van der Waals surface area contributed by atoms with Crippen molar-refractivity contribution in [1.82, 2.24) is 0 Å². The first-order chi connectivity index (χ1) is 9.29. The standard InChI is InChI=1S/C14H12N2OS2/c15-10-11-6-8-19-14(11)16-13(17)7-9-18-12-4-2-1-3-5-12/h1-6,8H,7,9H2,(H,16,17). The van der Waals surface area contributed by atoms with Crippen LogP contribution in [0.1, 0.15) is 12.0 Å². The molecule has 3 nitrogen and oxygen atoms in total. The van der Waals surface area contributed by atoms with Crippen molar-refractivity contribution in [3.05, 3.63) is 47.3 Å². The van der Waals surface area contributed by atoms with Crippen LogP contribution in [0.2, 0.25) is 0 Å². The number of thiophene rings is 1. The molecule has 0 atom stereocenters. The Morgan fingerprint density at radius 3 is 2.84 bits per heavy atom. The molecule has 1 heterocycles. The lowest BCUT2D eigenvalue weighted by atomic mass is 10.3. The number of benzene rings is 1. The molecule has 19 heavy (non-hydrogen) atoms. The predicted molar refractivity (Wildman–Crippen MR) is 79.4 cm³/mol. The lowest BCUT2D eigenvalue weighted by molar-refractivity contribution is -0.115. The fourth-order valence-corrected chi connectivity index (χ4v) is 3.09. The highest BCUT2D eigenvalue weighted by Crippen LogP contribution is 2.23. The third kappa shape index (κ3) is 4.12. The van der Waals surface area contributed by atoms with Gasteiger partial charge >= 0.3 is 0 Å². The highest BCUT2D eigenvalue weighted by atomic mass is 32.2. The van der Waals surface area contributed by atoms with Crippen molar-refractivity contribution < 1.29 is 4.79 Å². The van der Waals surface area contributed by atoms with Gasteiger partial charge in [-0.25, -0.2) is 0 Å². The maximum Gasteiger partial charge on any atom is 0.225 e. The lowest BCUT2D eigenvalue weighted by Gasteiger charge is -2.03. The number of anilines is 1. The molecular formula is C14H12N2OS2. The molecule has 0 aliphatic rings. The number of carbonyl (C=O) groups excluding carboxylic acids is 1. The van der Waals surface area contributed by atoms with Crippen molar-refractivity contribution in [3.8, 4) is 6.07 Å². The lowest BCUT2D eigenvalue weighted by Crippen LogP contribution is -2.11. The highest BCUT2D eigenvalue weighted by Gasteiger charge is 2.07. The monoisotopic (exact) mass is 288 g/mol. The Balaban J connectivity index is 1.78. The summed E-state index contributed by atoms with van der Waals surface area (Å²) in [5, 5.41) is 14.1. The molecule has 0 aliphatic carbocycles. The second-order valence-electron chi connectivity index (χ2n) is 3.73. The summed E-state index contributed by atoms with van der Waals surface area (Å²) in [6, 6.07) is 13.7. The average molecular weight is 288 g/mol. The van der Waals surface area contributed by atoms with Crippen molar-refractivity contribution in [2.24, 2.45) is 0 Å². The molecule has 2 aromatic rings. The Kier molecular flexibility index (Phi) is 5.01. The maximum atomic E-state index is 11.7. The summed E-state index contributed by atoms with van der Waals surface area (Å²) in [4.78, 5) is 12.9. The van der Waals surface area contributed by atoms with Gasteiger partial charge in [-0.05, 0) is 23.6 Å². The van der Waals surface area contributed by atoms with E-state index < -0.39 is 0 Å². The van der Waals surface area contributed by atoms with Gasteiger partial charge in [0.15, 0.2) is 0 Å². The molecule has 0 saturated carbocycles. The molecule has 0 fully saturated rings. The number of amides is 1. The molecule has 1 aromatic heterocycles. The summed E-state index contributed by atoms with van der Waals surface area (Å²) < 4.78 is 0. The van der Waals surface area contributed by atoms with Crippen LogP contribution in [0, 0.1) is 11.3 Å². The fourth-order valence-electron chi connectivity index (χ4n) is 1.46. The van der Waals surface area contributed by atoms with E-state index in [1.165, 1.54) is 11.3 Å². The maximum absolute atomic E-state index is 11.7. The molecule has 0 unspecified atom stereocenters. The second-order valence-corrected chi connectivity index (χ2v) is 5.82. The topological polar surface area (TPSA) is 52.9 Å². The Morgan fingerprint density at radius 2 is 2.11 bits per heavy atom. The smallest absolute Gasteiger partial charge is 0.225 e. The second kappa shape index (κ2) is 6.98. The van der Waals surface area contributed by atoms with E-state index in [-0.39, 0.29) is 5.91 Å². The first kappa shape index (κ1) is 13.7. The molecule has 0 radical (unpaired) electrons. The van der Waals surface area contributed by atoms with Crippen LogP contribution in [-0.4, -0.2) is 11.7 Å². The Morgan fingerprint density at radius 1 is 1.32 bits per heavy atom. The number of nitrogens with one attached hydrogen (secondary N) is 1. The third-order valence-corrected chi connectivity index (χ3v) is 4.22. The number of thioether (sulfide) groups is 1. The van der Waals surface area contributed by atoms with Crippen molar-refractivity contribution in [2.75, 3.05) is 11.1 Å². The quantitative estimate of drug-likeness (QED) is 0.853. The van der Waals surface area contributed by atoms with Gasteiger partial charge in [-0.3, -0.25) is 4.79 Å². The van der Waals surface area contributed by atoms with Crippen molar-refractivity contribution in [3.63, 3.8) is 0 Å².